The lowest BCUT2D eigenvalue weighted by atomic mass is 9.95. The van der Waals surface area contributed by atoms with Gasteiger partial charge in [-0.3, -0.25) is 24.4 Å². The van der Waals surface area contributed by atoms with E-state index in [1.54, 1.807) is 11.0 Å². The number of halogens is 3. The number of terminal acetylenes is 1. The number of hydrogen-bond acceptors (Lipinski definition) is 12. The first kappa shape index (κ1) is 51.7. The predicted octanol–water partition coefficient (Wildman–Crippen LogP) is 11.5. The first-order chi connectivity index (χ1) is 34.5. The number of carbonyl (C=O) groups is 3. The molecule has 4 saturated heterocycles. The molecule has 1 unspecified atom stereocenters. The molecule has 8 rings (SSSR count). The van der Waals surface area contributed by atoms with Crippen molar-refractivity contribution in [1.82, 2.24) is 24.8 Å². The topological polar surface area (TPSA) is 137 Å². The number of nitrogens with zero attached hydrogens (tertiary/aromatic N) is 6. The molecule has 2 aromatic carbocycles. The molecule has 4 aromatic rings. The van der Waals surface area contributed by atoms with E-state index in [0.29, 0.717) is 56.5 Å². The molecular formula is C55H69F3N6O7. The average Bonchev–Trinajstić information content (AvgIpc) is 3.98. The smallest absolute Gasteiger partial charge is 0.413 e. The second-order valence-electron chi connectivity index (χ2n) is 20.0. The van der Waals surface area contributed by atoms with Crippen LogP contribution in [0.25, 0.3) is 32.9 Å². The van der Waals surface area contributed by atoms with E-state index in [1.165, 1.54) is 56.5 Å². The summed E-state index contributed by atoms with van der Waals surface area (Å²) in [6.45, 7) is 5.64. The van der Waals surface area contributed by atoms with Crippen molar-refractivity contribution >= 4 is 45.5 Å². The van der Waals surface area contributed by atoms with Gasteiger partial charge in [0, 0.05) is 56.0 Å². The number of fused-ring (bicyclic) bond motifs is 5. The van der Waals surface area contributed by atoms with Crippen LogP contribution in [0.15, 0.2) is 30.5 Å². The lowest BCUT2D eigenvalue weighted by Crippen LogP contribution is -2.56. The zero-order chi connectivity index (χ0) is 49.9. The van der Waals surface area contributed by atoms with Gasteiger partial charge in [0.1, 0.15) is 41.4 Å². The fourth-order valence-corrected chi connectivity index (χ4v) is 11.3. The summed E-state index contributed by atoms with van der Waals surface area (Å²) < 4.78 is 70.9. The number of alkyl halides is 1. The van der Waals surface area contributed by atoms with Crippen LogP contribution in [0.1, 0.15) is 154 Å². The number of unbranched alkanes of at least 4 members (excludes halogenated alkanes) is 12. The van der Waals surface area contributed by atoms with Crippen molar-refractivity contribution in [2.45, 2.75) is 172 Å². The van der Waals surface area contributed by atoms with E-state index >= 15 is 8.78 Å². The van der Waals surface area contributed by atoms with E-state index in [1.807, 2.05) is 4.90 Å². The van der Waals surface area contributed by atoms with E-state index in [9.17, 15) is 18.8 Å². The van der Waals surface area contributed by atoms with Gasteiger partial charge in [-0.2, -0.15) is 9.97 Å². The summed E-state index contributed by atoms with van der Waals surface area (Å²) in [6.07, 6.45) is 24.2. The SMILES string of the molecule is C#Cc1c(F)ccc2cc(OC(=O)CCCCCCCCC)cc(-c3ncc4c(N5CC6CC[C@@H](C5)N6C(=O)OCOC(=O)CCCCCCCCC)nc(OC[C@@]56CCCN5C[C@H](F)C6)nc4c3F)c12. The van der Waals surface area contributed by atoms with Gasteiger partial charge in [0.05, 0.1) is 28.6 Å². The normalized spacial score (nSPS) is 20.6. The van der Waals surface area contributed by atoms with E-state index < -0.39 is 48.2 Å². The number of hydrogen-bond donors (Lipinski definition) is 0. The molecule has 0 N–H and O–H groups in total. The molecule has 0 spiro atoms. The zero-order valence-electron chi connectivity index (χ0n) is 41.5. The monoisotopic (exact) mass is 983 g/mol. The minimum atomic E-state index is -0.999. The van der Waals surface area contributed by atoms with Gasteiger partial charge < -0.3 is 23.8 Å². The van der Waals surface area contributed by atoms with E-state index in [2.05, 4.69) is 34.6 Å². The molecule has 6 heterocycles. The Morgan fingerprint density at radius 2 is 1.52 bits per heavy atom. The number of piperazine rings is 1. The maximum Gasteiger partial charge on any atom is 0.413 e. The van der Waals surface area contributed by atoms with Crippen molar-refractivity contribution in [3.63, 3.8) is 0 Å². The maximum absolute atomic E-state index is 17.7. The summed E-state index contributed by atoms with van der Waals surface area (Å²) in [6, 6.07) is 5.03. The Bertz CT molecular complexity index is 2560. The van der Waals surface area contributed by atoms with Crippen molar-refractivity contribution in [2.75, 3.05) is 44.5 Å². The number of pyridine rings is 1. The minimum Gasteiger partial charge on any atom is -0.461 e. The van der Waals surface area contributed by atoms with Gasteiger partial charge in [0.2, 0.25) is 6.79 Å². The predicted molar refractivity (Wildman–Crippen MR) is 266 cm³/mol. The number of rotatable bonds is 24. The number of anilines is 1. The lowest BCUT2D eigenvalue weighted by molar-refractivity contribution is -0.152. The third kappa shape index (κ3) is 12.2. The number of ether oxygens (including phenoxy) is 4. The van der Waals surface area contributed by atoms with Crippen LogP contribution in [0.2, 0.25) is 0 Å². The molecule has 4 fully saturated rings. The van der Waals surface area contributed by atoms with Crippen molar-refractivity contribution in [3.05, 3.63) is 47.7 Å². The van der Waals surface area contributed by atoms with Crippen molar-refractivity contribution in [1.29, 1.82) is 0 Å². The fourth-order valence-electron chi connectivity index (χ4n) is 11.3. The molecule has 1 amide bonds. The summed E-state index contributed by atoms with van der Waals surface area (Å²) in [4.78, 5) is 59.0. The van der Waals surface area contributed by atoms with Gasteiger partial charge in [-0.25, -0.2) is 18.0 Å². The molecule has 4 aliphatic rings. The minimum absolute atomic E-state index is 0.0914. The molecule has 71 heavy (non-hydrogen) atoms. The number of aromatic nitrogens is 3. The molecular weight excluding hydrogens is 914 g/mol. The molecule has 0 radical (unpaired) electrons. The van der Waals surface area contributed by atoms with Gasteiger partial charge in [-0.05, 0) is 68.7 Å². The number of esters is 2. The van der Waals surface area contributed by atoms with Crippen LogP contribution in [-0.4, -0.2) is 106 Å². The number of carbonyl (C=O) groups excluding carboxylic acids is 3. The highest BCUT2D eigenvalue weighted by molar-refractivity contribution is 6.03. The summed E-state index contributed by atoms with van der Waals surface area (Å²) in [5, 5.41) is 0.888. The highest BCUT2D eigenvalue weighted by Crippen LogP contribution is 2.43. The maximum atomic E-state index is 17.7. The van der Waals surface area contributed by atoms with Crippen LogP contribution in [0.3, 0.4) is 0 Å². The van der Waals surface area contributed by atoms with Crippen LogP contribution in [0, 0.1) is 24.0 Å². The first-order valence-electron chi connectivity index (χ1n) is 26.2. The summed E-state index contributed by atoms with van der Waals surface area (Å²) >= 11 is 0. The van der Waals surface area contributed by atoms with Crippen molar-refractivity contribution < 1.29 is 46.5 Å². The lowest BCUT2D eigenvalue weighted by Gasteiger charge is -2.41. The van der Waals surface area contributed by atoms with Gasteiger partial charge in [0.25, 0.3) is 0 Å². The van der Waals surface area contributed by atoms with Gasteiger partial charge in [0.15, 0.2) is 5.82 Å². The van der Waals surface area contributed by atoms with Crippen LogP contribution >= 0.6 is 0 Å². The van der Waals surface area contributed by atoms with Crippen molar-refractivity contribution in [2.24, 2.45) is 0 Å². The Labute approximate surface area is 415 Å². The average molecular weight is 983 g/mol. The highest BCUT2D eigenvalue weighted by Gasteiger charge is 2.50. The quantitative estimate of drug-likeness (QED) is 0.0217. The Hall–Kier alpha value is -5.69. The molecule has 4 aliphatic heterocycles. The fraction of sp³-hybridized carbons (Fsp3) is 0.600. The third-order valence-corrected chi connectivity index (χ3v) is 14.9. The Morgan fingerprint density at radius 1 is 0.845 bits per heavy atom. The van der Waals surface area contributed by atoms with Gasteiger partial charge in [-0.15, -0.1) is 6.42 Å². The highest BCUT2D eigenvalue weighted by atomic mass is 19.1. The van der Waals surface area contributed by atoms with Crippen LogP contribution < -0.4 is 14.4 Å². The van der Waals surface area contributed by atoms with Crippen LogP contribution in [-0.2, 0) is 19.1 Å². The summed E-state index contributed by atoms with van der Waals surface area (Å²) in [5.41, 5.74) is -0.897. The van der Waals surface area contributed by atoms with Gasteiger partial charge >= 0.3 is 24.0 Å². The second kappa shape index (κ2) is 24.2. The van der Waals surface area contributed by atoms with Crippen LogP contribution in [0.4, 0.5) is 23.8 Å². The van der Waals surface area contributed by atoms with Crippen LogP contribution in [0.5, 0.6) is 11.8 Å². The molecule has 4 atom stereocenters. The molecule has 2 bridgehead atoms. The molecule has 0 aliphatic carbocycles. The molecule has 2 aromatic heterocycles. The van der Waals surface area contributed by atoms with E-state index in [4.69, 9.17) is 30.4 Å². The standard InChI is InChI=1S/C55H69F3N6O7/c1-4-7-9-11-13-15-17-20-46(65)69-36-70-54(67)64-39-23-24-40(64)34-62(33-39)52-44-31-59-50(49(58)51(44)60-53(61-52)68-35-55-26-19-27-63(55)32-38(56)30-55)43-29-41(28-37-22-25-45(57)42(6-3)48(37)43)71-47(66)21-18-16-14-12-10-8-5-2/h3,22,25,28-29,31,38-40H,4-5,7-21,23-24,26-27,30,32-36H2,1-2H3/t38-,39+,40?,55+/m1/s1. The van der Waals surface area contributed by atoms with E-state index in [0.717, 1.165) is 70.8 Å². The molecule has 16 heteroatoms. The number of benzene rings is 2. The molecule has 13 nitrogen and oxygen atoms in total. The van der Waals surface area contributed by atoms with Gasteiger partial charge in [-0.1, -0.05) is 103 Å². The number of amides is 1. The second-order valence-corrected chi connectivity index (χ2v) is 20.0. The summed E-state index contributed by atoms with van der Waals surface area (Å²) in [5.74, 6) is 0.471. The Balaban J connectivity index is 1.05. The van der Waals surface area contributed by atoms with Crippen molar-refractivity contribution in [3.8, 4) is 35.4 Å². The zero-order valence-corrected chi connectivity index (χ0v) is 41.5. The first-order valence-corrected chi connectivity index (χ1v) is 26.2. The van der Waals surface area contributed by atoms with E-state index in [-0.39, 0.29) is 76.4 Å². The largest absolute Gasteiger partial charge is 0.461 e. The molecule has 382 valence electrons. The molecule has 0 saturated carbocycles. The third-order valence-electron chi connectivity index (χ3n) is 14.9. The Kier molecular flexibility index (Phi) is 17.6. The Morgan fingerprint density at radius 3 is 2.21 bits per heavy atom. The summed E-state index contributed by atoms with van der Waals surface area (Å²) in [7, 11) is 0.